The molecule has 0 aliphatic heterocycles. The van der Waals surface area contributed by atoms with Crippen molar-refractivity contribution in [2.45, 2.75) is 39.5 Å². The van der Waals surface area contributed by atoms with Crippen LogP contribution in [0.3, 0.4) is 0 Å². The lowest BCUT2D eigenvalue weighted by atomic mass is 9.86. The molecule has 0 aromatic heterocycles. The molecule has 1 aliphatic carbocycles. The first-order valence-electron chi connectivity index (χ1n) is 6.24. The van der Waals surface area contributed by atoms with Gasteiger partial charge in [-0.1, -0.05) is 62.8 Å². The van der Waals surface area contributed by atoms with Crippen LogP contribution in [0.1, 0.15) is 45.2 Å². The number of hydrogen-bond acceptors (Lipinski definition) is 1. The molecule has 18 heavy (non-hydrogen) atoms. The Kier molecular flexibility index (Phi) is 4.66. The molecule has 0 atom stereocenters. The lowest BCUT2D eigenvalue weighted by Crippen LogP contribution is -2.10. The van der Waals surface area contributed by atoms with Crippen molar-refractivity contribution in [2.24, 2.45) is 0 Å². The summed E-state index contributed by atoms with van der Waals surface area (Å²) >= 11 is 0. The van der Waals surface area contributed by atoms with Crippen molar-refractivity contribution < 1.29 is 4.79 Å². The van der Waals surface area contributed by atoms with Gasteiger partial charge in [0.1, 0.15) is 6.79 Å². The SMILES string of the molecule is C=O.CC1=CCC(c2ccc(C(C)(C)C)cc2)=C1. The molecule has 0 saturated heterocycles. The van der Waals surface area contributed by atoms with E-state index < -0.39 is 0 Å². The molecule has 0 spiro atoms. The highest BCUT2D eigenvalue weighted by atomic mass is 16.1. The largest absolute Gasteiger partial charge is 0.307 e. The normalized spacial score (nSPS) is 14.4. The van der Waals surface area contributed by atoms with Crippen LogP contribution in [-0.2, 0) is 10.2 Å². The van der Waals surface area contributed by atoms with Crippen molar-refractivity contribution in [3.05, 3.63) is 53.1 Å². The van der Waals surface area contributed by atoms with E-state index in [9.17, 15) is 0 Å². The Balaban J connectivity index is 0.000000771. The van der Waals surface area contributed by atoms with Crippen molar-refractivity contribution in [1.82, 2.24) is 0 Å². The maximum Gasteiger partial charge on any atom is 0.106 e. The molecule has 0 amide bonds. The average molecular weight is 242 g/mol. The molecule has 1 aromatic carbocycles. The average Bonchev–Trinajstić information content (AvgIpc) is 2.78. The highest BCUT2D eigenvalue weighted by Crippen LogP contribution is 2.29. The number of carbonyl (C=O) groups excluding carboxylic acids is 1. The molecule has 1 aliphatic rings. The molecule has 1 heteroatoms. The first kappa shape index (κ1) is 14.4. The predicted molar refractivity (Wildman–Crippen MR) is 78.6 cm³/mol. The molecular weight excluding hydrogens is 220 g/mol. The van der Waals surface area contributed by atoms with E-state index in [2.05, 4.69) is 64.1 Å². The third-order valence-corrected chi connectivity index (χ3v) is 3.17. The topological polar surface area (TPSA) is 17.1 Å². The van der Waals surface area contributed by atoms with Crippen LogP contribution in [0.15, 0.2) is 42.0 Å². The van der Waals surface area contributed by atoms with Gasteiger partial charge in [-0.05, 0) is 35.5 Å². The summed E-state index contributed by atoms with van der Waals surface area (Å²) in [6.07, 6.45) is 5.65. The first-order chi connectivity index (χ1) is 8.47. The summed E-state index contributed by atoms with van der Waals surface area (Å²) < 4.78 is 0. The molecule has 1 aromatic rings. The lowest BCUT2D eigenvalue weighted by molar-refractivity contribution is -0.0979. The van der Waals surface area contributed by atoms with Gasteiger partial charge in [-0.15, -0.1) is 0 Å². The highest BCUT2D eigenvalue weighted by molar-refractivity contribution is 5.72. The van der Waals surface area contributed by atoms with Crippen LogP contribution in [0.4, 0.5) is 0 Å². The van der Waals surface area contributed by atoms with Crippen LogP contribution in [0.5, 0.6) is 0 Å². The number of allylic oxidation sites excluding steroid dienone is 4. The summed E-state index contributed by atoms with van der Waals surface area (Å²) in [5, 5.41) is 0. The fraction of sp³-hybridized carbons (Fsp3) is 0.353. The van der Waals surface area contributed by atoms with Gasteiger partial charge in [0.15, 0.2) is 0 Å². The molecule has 0 heterocycles. The second-order valence-corrected chi connectivity index (χ2v) is 5.65. The van der Waals surface area contributed by atoms with Crippen molar-refractivity contribution >= 4 is 12.4 Å². The van der Waals surface area contributed by atoms with E-state index in [1.165, 1.54) is 22.3 Å². The third kappa shape index (κ3) is 3.43. The van der Waals surface area contributed by atoms with Crippen LogP contribution < -0.4 is 0 Å². The Labute approximate surface area is 110 Å². The molecule has 96 valence electrons. The van der Waals surface area contributed by atoms with E-state index in [4.69, 9.17) is 4.79 Å². The van der Waals surface area contributed by atoms with Crippen LogP contribution in [0, 0.1) is 0 Å². The molecule has 0 radical (unpaired) electrons. The lowest BCUT2D eigenvalue weighted by Gasteiger charge is -2.19. The quantitative estimate of drug-likeness (QED) is 0.707. The smallest absolute Gasteiger partial charge is 0.106 e. The Hall–Kier alpha value is -1.63. The van der Waals surface area contributed by atoms with Gasteiger partial charge in [0.2, 0.25) is 0 Å². The molecule has 2 rings (SSSR count). The third-order valence-electron chi connectivity index (χ3n) is 3.17. The van der Waals surface area contributed by atoms with Gasteiger partial charge in [-0.25, -0.2) is 0 Å². The molecule has 1 nitrogen and oxygen atoms in total. The van der Waals surface area contributed by atoms with Crippen LogP contribution in [-0.4, -0.2) is 6.79 Å². The number of benzene rings is 1. The second kappa shape index (κ2) is 5.81. The number of hydrogen-bond donors (Lipinski definition) is 0. The maximum atomic E-state index is 8.00. The van der Waals surface area contributed by atoms with Crippen molar-refractivity contribution in [2.75, 3.05) is 0 Å². The minimum Gasteiger partial charge on any atom is -0.307 e. The zero-order valence-corrected chi connectivity index (χ0v) is 11.8. The monoisotopic (exact) mass is 242 g/mol. The molecule has 0 N–H and O–H groups in total. The van der Waals surface area contributed by atoms with E-state index in [1.807, 2.05) is 6.79 Å². The second-order valence-electron chi connectivity index (χ2n) is 5.65. The predicted octanol–water partition coefficient (Wildman–Crippen LogP) is 4.53. The minimum absolute atomic E-state index is 0.247. The zero-order valence-electron chi connectivity index (χ0n) is 11.8. The van der Waals surface area contributed by atoms with Gasteiger partial charge in [0.05, 0.1) is 0 Å². The van der Waals surface area contributed by atoms with Gasteiger partial charge in [0.25, 0.3) is 0 Å². The molecule has 0 saturated carbocycles. The molecule has 0 fully saturated rings. The van der Waals surface area contributed by atoms with E-state index in [0.717, 1.165) is 6.42 Å². The summed E-state index contributed by atoms with van der Waals surface area (Å²) in [5.74, 6) is 0. The fourth-order valence-electron chi connectivity index (χ4n) is 2.05. The Morgan fingerprint density at radius 2 is 1.61 bits per heavy atom. The summed E-state index contributed by atoms with van der Waals surface area (Å²) in [6.45, 7) is 10.9. The highest BCUT2D eigenvalue weighted by Gasteiger charge is 2.13. The van der Waals surface area contributed by atoms with Crippen molar-refractivity contribution in [3.8, 4) is 0 Å². The van der Waals surface area contributed by atoms with E-state index in [-0.39, 0.29) is 5.41 Å². The van der Waals surface area contributed by atoms with E-state index in [1.54, 1.807) is 0 Å². The molecule has 0 unspecified atom stereocenters. The van der Waals surface area contributed by atoms with Crippen molar-refractivity contribution in [3.63, 3.8) is 0 Å². The number of rotatable bonds is 1. The van der Waals surface area contributed by atoms with Crippen LogP contribution in [0.25, 0.3) is 5.57 Å². The van der Waals surface area contributed by atoms with Gasteiger partial charge in [-0.2, -0.15) is 0 Å². The van der Waals surface area contributed by atoms with Gasteiger partial charge in [-0.3, -0.25) is 0 Å². The van der Waals surface area contributed by atoms with Gasteiger partial charge >= 0.3 is 0 Å². The summed E-state index contributed by atoms with van der Waals surface area (Å²) in [7, 11) is 0. The van der Waals surface area contributed by atoms with Crippen LogP contribution >= 0.6 is 0 Å². The van der Waals surface area contributed by atoms with Crippen molar-refractivity contribution in [1.29, 1.82) is 0 Å². The molecular formula is C17H22O. The first-order valence-corrected chi connectivity index (χ1v) is 6.24. The minimum atomic E-state index is 0.247. The zero-order chi connectivity index (χ0) is 13.8. The van der Waals surface area contributed by atoms with Gasteiger partial charge < -0.3 is 4.79 Å². The summed E-state index contributed by atoms with van der Waals surface area (Å²) in [5.41, 5.74) is 5.84. The van der Waals surface area contributed by atoms with Crippen LogP contribution in [0.2, 0.25) is 0 Å². The van der Waals surface area contributed by atoms with E-state index >= 15 is 0 Å². The standard InChI is InChI=1S/C16H20.CH2O/c1-12-5-6-14(11-12)13-7-9-15(10-8-13)16(2,3)4;1-2/h5,7-11H,6H2,1-4H3;1H2. The Bertz CT molecular complexity index is 455. The number of carbonyl (C=O) groups is 1. The molecule has 0 bridgehead atoms. The Morgan fingerprint density at radius 3 is 2.00 bits per heavy atom. The van der Waals surface area contributed by atoms with E-state index in [0.29, 0.717) is 0 Å². The Morgan fingerprint density at radius 1 is 1.06 bits per heavy atom. The van der Waals surface area contributed by atoms with Gasteiger partial charge in [0, 0.05) is 0 Å². The summed E-state index contributed by atoms with van der Waals surface area (Å²) in [4.78, 5) is 8.00. The summed E-state index contributed by atoms with van der Waals surface area (Å²) in [6, 6.07) is 9.01. The fourth-order valence-corrected chi connectivity index (χ4v) is 2.05. The maximum absolute atomic E-state index is 8.00.